The summed E-state index contributed by atoms with van der Waals surface area (Å²) in [7, 11) is 0. The molecule has 1 radical (unpaired) electrons. The quantitative estimate of drug-likeness (QED) is 0.644. The van der Waals surface area contributed by atoms with E-state index in [1.807, 2.05) is 0 Å². The van der Waals surface area contributed by atoms with Crippen molar-refractivity contribution in [3.05, 3.63) is 72.2 Å². The molecule has 0 aliphatic heterocycles. The Hall–Kier alpha value is -1.82. The lowest BCUT2D eigenvalue weighted by atomic mass is 9.75. The summed E-state index contributed by atoms with van der Waals surface area (Å²) >= 11 is 0. The van der Waals surface area contributed by atoms with Gasteiger partial charge in [0.15, 0.2) is 0 Å². The fourth-order valence-electron chi connectivity index (χ4n) is 3.63. The molecule has 0 fully saturated rings. The zero-order chi connectivity index (χ0) is 14.8. The van der Waals surface area contributed by atoms with Crippen LogP contribution in [0.25, 0.3) is 16.7 Å². The summed E-state index contributed by atoms with van der Waals surface area (Å²) in [4.78, 5) is 0. The molecule has 0 bridgehead atoms. The van der Waals surface area contributed by atoms with Crippen molar-refractivity contribution >= 4 is 5.57 Å². The van der Waals surface area contributed by atoms with Crippen LogP contribution in [0.4, 0.5) is 0 Å². The van der Waals surface area contributed by atoms with Crippen molar-refractivity contribution in [1.82, 2.24) is 0 Å². The van der Waals surface area contributed by atoms with Crippen LogP contribution in [0.3, 0.4) is 0 Å². The molecule has 0 saturated carbocycles. The van der Waals surface area contributed by atoms with Gasteiger partial charge in [0.25, 0.3) is 0 Å². The van der Waals surface area contributed by atoms with Gasteiger partial charge in [-0.3, -0.25) is 0 Å². The lowest BCUT2D eigenvalue weighted by molar-refractivity contribution is 0.572. The minimum absolute atomic E-state index is 0.653. The molecule has 107 valence electrons. The van der Waals surface area contributed by atoms with Crippen LogP contribution in [-0.2, 0) is 6.42 Å². The lowest BCUT2D eigenvalue weighted by Crippen LogP contribution is -2.13. The predicted molar refractivity (Wildman–Crippen MR) is 92.1 cm³/mol. The molecule has 2 aromatic rings. The first kappa shape index (κ1) is 14.1. The summed E-state index contributed by atoms with van der Waals surface area (Å²) in [6.07, 6.45) is 5.73. The smallest absolute Gasteiger partial charge is 0.0103 e. The van der Waals surface area contributed by atoms with Gasteiger partial charge in [0, 0.05) is 0 Å². The Morgan fingerprint density at radius 3 is 2.57 bits per heavy atom. The second-order valence-electron chi connectivity index (χ2n) is 5.96. The molecule has 0 nitrogen and oxygen atoms in total. The summed E-state index contributed by atoms with van der Waals surface area (Å²) < 4.78 is 0. The van der Waals surface area contributed by atoms with E-state index in [0.717, 1.165) is 0 Å². The molecule has 1 aliphatic carbocycles. The first-order valence-electron chi connectivity index (χ1n) is 7.93. The monoisotopic (exact) mass is 275 g/mol. The van der Waals surface area contributed by atoms with Gasteiger partial charge in [0.05, 0.1) is 0 Å². The van der Waals surface area contributed by atoms with Crippen LogP contribution in [-0.4, -0.2) is 0 Å². The molecule has 0 spiro atoms. The summed E-state index contributed by atoms with van der Waals surface area (Å²) in [5, 5.41) is 0. The first-order valence-corrected chi connectivity index (χ1v) is 7.93. The lowest BCUT2D eigenvalue weighted by Gasteiger charge is -2.29. The van der Waals surface area contributed by atoms with Gasteiger partial charge in [-0.15, -0.1) is 0 Å². The molecule has 0 heteroatoms. The van der Waals surface area contributed by atoms with Gasteiger partial charge >= 0.3 is 0 Å². The van der Waals surface area contributed by atoms with Gasteiger partial charge in [-0.25, -0.2) is 0 Å². The van der Waals surface area contributed by atoms with Crippen molar-refractivity contribution < 1.29 is 0 Å². The predicted octanol–water partition coefficient (Wildman–Crippen LogP) is 5.85. The van der Waals surface area contributed by atoms with Crippen LogP contribution >= 0.6 is 0 Å². The summed E-state index contributed by atoms with van der Waals surface area (Å²) in [5.74, 6) is 0.653. The van der Waals surface area contributed by atoms with Gasteiger partial charge in [0.1, 0.15) is 0 Å². The maximum absolute atomic E-state index is 4.10. The molecular formula is C21H23. The Morgan fingerprint density at radius 1 is 1.10 bits per heavy atom. The number of fused-ring (bicyclic) bond motifs is 1. The van der Waals surface area contributed by atoms with Crippen molar-refractivity contribution in [3.63, 3.8) is 0 Å². The third-order valence-corrected chi connectivity index (χ3v) is 4.79. The first-order chi connectivity index (χ1) is 10.3. The molecule has 0 N–H and O–H groups in total. The molecule has 1 aliphatic rings. The summed E-state index contributed by atoms with van der Waals surface area (Å²) in [5.41, 5.74) is 8.44. The zero-order valence-corrected chi connectivity index (χ0v) is 13.0. The second-order valence-corrected chi connectivity index (χ2v) is 5.96. The Kier molecular flexibility index (Phi) is 3.96. The van der Waals surface area contributed by atoms with E-state index in [1.54, 1.807) is 0 Å². The van der Waals surface area contributed by atoms with Crippen LogP contribution in [0.2, 0.25) is 0 Å². The minimum atomic E-state index is 0.653. The highest BCUT2D eigenvalue weighted by Crippen LogP contribution is 2.42. The topological polar surface area (TPSA) is 0 Å². The Balaban J connectivity index is 2.24. The number of allylic oxidation sites excluding steroid dienone is 2. The SMILES string of the molecule is [CH2]/C=C1\c2c(cccc2-c2ccccc2C)CC[C@@H]1CC. The maximum Gasteiger partial charge on any atom is -0.0103 e. The van der Waals surface area contributed by atoms with Crippen LogP contribution in [0.5, 0.6) is 0 Å². The van der Waals surface area contributed by atoms with E-state index in [0.29, 0.717) is 5.92 Å². The van der Waals surface area contributed by atoms with Gasteiger partial charge in [-0.05, 0) is 72.4 Å². The van der Waals surface area contributed by atoms with Crippen molar-refractivity contribution in [2.24, 2.45) is 5.92 Å². The third-order valence-electron chi connectivity index (χ3n) is 4.79. The third kappa shape index (κ3) is 2.44. The van der Waals surface area contributed by atoms with Crippen molar-refractivity contribution in [2.45, 2.75) is 33.1 Å². The van der Waals surface area contributed by atoms with Crippen molar-refractivity contribution in [1.29, 1.82) is 0 Å². The van der Waals surface area contributed by atoms with E-state index in [2.05, 4.69) is 69.3 Å². The number of hydrogen-bond acceptors (Lipinski definition) is 0. The van der Waals surface area contributed by atoms with Crippen LogP contribution in [0.1, 0.15) is 36.5 Å². The molecule has 0 aromatic heterocycles. The number of hydrogen-bond donors (Lipinski definition) is 0. The Morgan fingerprint density at radius 2 is 1.86 bits per heavy atom. The molecule has 1 atom stereocenters. The molecule has 3 rings (SSSR count). The van der Waals surface area contributed by atoms with E-state index in [1.165, 1.54) is 52.7 Å². The van der Waals surface area contributed by atoms with Gasteiger partial charge in [-0.1, -0.05) is 55.5 Å². The number of benzene rings is 2. The standard InChI is InChI=1S/C21H23/c1-4-16-13-14-17-10-8-12-20(21(17)18(16)5-2)19-11-7-6-9-15(19)3/h5-12,16H,2,4,13-14H2,1,3H3/b18-5-/t16-/m0/s1. The van der Waals surface area contributed by atoms with E-state index in [9.17, 15) is 0 Å². The summed E-state index contributed by atoms with van der Waals surface area (Å²) in [6, 6.07) is 15.4. The summed E-state index contributed by atoms with van der Waals surface area (Å²) in [6.45, 7) is 8.59. The average molecular weight is 275 g/mol. The van der Waals surface area contributed by atoms with E-state index >= 15 is 0 Å². The Bertz CT molecular complexity index is 676. The fourth-order valence-corrected chi connectivity index (χ4v) is 3.63. The minimum Gasteiger partial charge on any atom is -0.0801 e. The van der Waals surface area contributed by atoms with Crippen LogP contribution < -0.4 is 0 Å². The van der Waals surface area contributed by atoms with Gasteiger partial charge in [-0.2, -0.15) is 0 Å². The van der Waals surface area contributed by atoms with Gasteiger partial charge < -0.3 is 0 Å². The van der Waals surface area contributed by atoms with Crippen LogP contribution in [0.15, 0.2) is 48.5 Å². The highest BCUT2D eigenvalue weighted by molar-refractivity contribution is 5.86. The van der Waals surface area contributed by atoms with E-state index in [4.69, 9.17) is 0 Å². The average Bonchev–Trinajstić information content (AvgIpc) is 2.53. The highest BCUT2D eigenvalue weighted by Gasteiger charge is 2.24. The highest BCUT2D eigenvalue weighted by atomic mass is 14.3. The molecular weight excluding hydrogens is 252 g/mol. The largest absolute Gasteiger partial charge is 0.0801 e. The molecule has 0 unspecified atom stereocenters. The molecule has 0 heterocycles. The molecule has 21 heavy (non-hydrogen) atoms. The molecule has 0 amide bonds. The number of aryl methyl sites for hydroxylation is 2. The molecule has 2 aromatic carbocycles. The van der Waals surface area contributed by atoms with Crippen LogP contribution in [0, 0.1) is 19.8 Å². The zero-order valence-electron chi connectivity index (χ0n) is 13.0. The fraction of sp³-hybridized carbons (Fsp3) is 0.286. The van der Waals surface area contributed by atoms with E-state index in [-0.39, 0.29) is 0 Å². The van der Waals surface area contributed by atoms with Gasteiger partial charge in [0.2, 0.25) is 0 Å². The Labute approximate surface area is 128 Å². The second kappa shape index (κ2) is 5.89. The maximum atomic E-state index is 4.10. The number of rotatable bonds is 2. The normalized spacial score (nSPS) is 19.6. The molecule has 0 saturated heterocycles. The van der Waals surface area contributed by atoms with E-state index < -0.39 is 0 Å². The van der Waals surface area contributed by atoms with Crippen molar-refractivity contribution in [2.75, 3.05) is 0 Å². The van der Waals surface area contributed by atoms with Crippen molar-refractivity contribution in [3.8, 4) is 11.1 Å².